The molecule has 0 aromatic heterocycles. The Bertz CT molecular complexity index is 1040. The largest absolute Gasteiger partial charge is 0.299 e. The highest BCUT2D eigenvalue weighted by atomic mass is 16.1. The van der Waals surface area contributed by atoms with E-state index in [9.17, 15) is 9.59 Å². The van der Waals surface area contributed by atoms with E-state index in [4.69, 9.17) is 0 Å². The Balaban J connectivity index is 1.75. The smallest absolute Gasteiger partial charge is 0.145 e. The second kappa shape index (κ2) is 10.5. The van der Waals surface area contributed by atoms with Gasteiger partial charge in [0.05, 0.1) is 11.8 Å². The maximum Gasteiger partial charge on any atom is 0.145 e. The van der Waals surface area contributed by atoms with E-state index in [1.165, 1.54) is 0 Å². The molecule has 0 aliphatic heterocycles. The molecule has 2 unspecified atom stereocenters. The van der Waals surface area contributed by atoms with Gasteiger partial charge in [-0.3, -0.25) is 9.59 Å². The van der Waals surface area contributed by atoms with Crippen molar-refractivity contribution >= 4 is 11.6 Å². The number of hydrogen-bond donors (Lipinski definition) is 0. The Hall–Kier alpha value is -3.78. The molecule has 0 heterocycles. The van der Waals surface area contributed by atoms with Crippen LogP contribution in [0, 0.1) is 0 Å². The molecule has 0 amide bonds. The molecule has 2 nitrogen and oxygen atoms in total. The third-order valence-electron chi connectivity index (χ3n) is 5.79. The van der Waals surface area contributed by atoms with Crippen LogP contribution in [0.5, 0.6) is 0 Å². The molecule has 0 aliphatic carbocycles. The van der Waals surface area contributed by atoms with Crippen LogP contribution in [0.2, 0.25) is 0 Å². The molecule has 0 radical (unpaired) electrons. The lowest BCUT2D eigenvalue weighted by Gasteiger charge is -2.26. The van der Waals surface area contributed by atoms with Crippen molar-refractivity contribution in [2.24, 2.45) is 0 Å². The molecule has 4 aromatic rings. The number of carbonyl (C=O) groups excluding carboxylic acids is 2. The number of ketones is 2. The minimum atomic E-state index is -0.546. The first-order valence-corrected chi connectivity index (χ1v) is 11.0. The first-order chi connectivity index (χ1) is 15.7. The van der Waals surface area contributed by atoms with Crippen molar-refractivity contribution in [2.75, 3.05) is 0 Å². The molecule has 0 N–H and O–H groups in total. The second-order valence-corrected chi connectivity index (χ2v) is 8.03. The third kappa shape index (κ3) is 5.28. The van der Waals surface area contributed by atoms with Crippen LogP contribution in [0.4, 0.5) is 0 Å². The van der Waals surface area contributed by atoms with Crippen LogP contribution in [0.15, 0.2) is 121 Å². The minimum Gasteiger partial charge on any atom is -0.299 e. The van der Waals surface area contributed by atoms with Crippen molar-refractivity contribution in [3.8, 4) is 0 Å². The van der Waals surface area contributed by atoms with Crippen LogP contribution in [0.25, 0.3) is 0 Å². The summed E-state index contributed by atoms with van der Waals surface area (Å²) >= 11 is 0. The van der Waals surface area contributed by atoms with Crippen LogP contribution in [0.3, 0.4) is 0 Å². The quantitative estimate of drug-likeness (QED) is 0.325. The maximum absolute atomic E-state index is 13.7. The summed E-state index contributed by atoms with van der Waals surface area (Å²) in [5.41, 5.74) is 3.67. The molecule has 4 aromatic carbocycles. The van der Waals surface area contributed by atoms with Crippen LogP contribution < -0.4 is 0 Å². The molecule has 32 heavy (non-hydrogen) atoms. The van der Waals surface area contributed by atoms with Crippen LogP contribution in [-0.2, 0) is 22.4 Å². The standard InChI is InChI=1S/C30H26O2/c31-27(21-23-13-5-1-6-14-23)29(25-17-9-3-10-18-25)30(26-19-11-4-12-20-26)28(32)22-24-15-7-2-8-16-24/h1-20,29-30H,21-22H2. The highest BCUT2D eigenvalue weighted by Gasteiger charge is 2.35. The van der Waals surface area contributed by atoms with Gasteiger partial charge < -0.3 is 0 Å². The van der Waals surface area contributed by atoms with Gasteiger partial charge in [0.25, 0.3) is 0 Å². The zero-order valence-electron chi connectivity index (χ0n) is 17.9. The Morgan fingerprint density at radius 3 is 1.03 bits per heavy atom. The average molecular weight is 419 g/mol. The van der Waals surface area contributed by atoms with E-state index in [-0.39, 0.29) is 11.6 Å². The molecular weight excluding hydrogens is 392 g/mol. The Kier molecular flexibility index (Phi) is 7.04. The molecule has 0 aliphatic rings. The van der Waals surface area contributed by atoms with Crippen molar-refractivity contribution in [1.82, 2.24) is 0 Å². The molecular formula is C30H26O2. The first kappa shape index (κ1) is 21.5. The molecule has 4 rings (SSSR count). The Morgan fingerprint density at radius 2 is 0.719 bits per heavy atom. The molecule has 0 fully saturated rings. The summed E-state index contributed by atoms with van der Waals surface area (Å²) in [6.07, 6.45) is 0.588. The molecule has 0 bridgehead atoms. The van der Waals surface area contributed by atoms with Gasteiger partial charge in [0, 0.05) is 12.8 Å². The molecule has 0 saturated carbocycles. The second-order valence-electron chi connectivity index (χ2n) is 8.03. The van der Waals surface area contributed by atoms with Crippen molar-refractivity contribution < 1.29 is 9.59 Å². The summed E-state index contributed by atoms with van der Waals surface area (Å²) in [5.74, 6) is -0.986. The number of Topliss-reactive ketones (excluding diaryl/α,β-unsaturated/α-hetero) is 2. The predicted molar refractivity (Wildman–Crippen MR) is 129 cm³/mol. The number of hydrogen-bond acceptors (Lipinski definition) is 2. The van der Waals surface area contributed by atoms with Gasteiger partial charge in [0.15, 0.2) is 0 Å². The van der Waals surface area contributed by atoms with Crippen molar-refractivity contribution in [2.45, 2.75) is 24.7 Å². The fraction of sp³-hybridized carbons (Fsp3) is 0.133. The molecule has 158 valence electrons. The molecule has 0 spiro atoms. The lowest BCUT2D eigenvalue weighted by Crippen LogP contribution is -2.29. The number of carbonyl (C=O) groups is 2. The maximum atomic E-state index is 13.7. The van der Waals surface area contributed by atoms with Crippen LogP contribution in [-0.4, -0.2) is 11.6 Å². The highest BCUT2D eigenvalue weighted by Crippen LogP contribution is 2.36. The zero-order chi connectivity index (χ0) is 22.2. The molecule has 2 heteroatoms. The highest BCUT2D eigenvalue weighted by molar-refractivity contribution is 5.98. The zero-order valence-corrected chi connectivity index (χ0v) is 17.9. The number of rotatable bonds is 9. The van der Waals surface area contributed by atoms with Gasteiger partial charge in [-0.15, -0.1) is 0 Å². The van der Waals surface area contributed by atoms with Gasteiger partial charge in [0.2, 0.25) is 0 Å². The van der Waals surface area contributed by atoms with Crippen LogP contribution >= 0.6 is 0 Å². The Labute approximate surface area is 189 Å². The summed E-state index contributed by atoms with van der Waals surface area (Å²) in [6.45, 7) is 0. The fourth-order valence-electron chi connectivity index (χ4n) is 4.26. The van der Waals surface area contributed by atoms with E-state index >= 15 is 0 Å². The lowest BCUT2D eigenvalue weighted by atomic mass is 9.74. The average Bonchev–Trinajstić information content (AvgIpc) is 2.84. The fourth-order valence-corrected chi connectivity index (χ4v) is 4.26. The summed E-state index contributed by atoms with van der Waals surface area (Å²) < 4.78 is 0. The van der Waals surface area contributed by atoms with Gasteiger partial charge in [-0.25, -0.2) is 0 Å². The Morgan fingerprint density at radius 1 is 0.438 bits per heavy atom. The topological polar surface area (TPSA) is 34.1 Å². The molecule has 0 saturated heterocycles. The van der Waals surface area contributed by atoms with Gasteiger partial charge in [-0.05, 0) is 22.3 Å². The van der Waals surface area contributed by atoms with E-state index in [2.05, 4.69) is 0 Å². The SMILES string of the molecule is O=C(Cc1ccccc1)C(c1ccccc1)C(C(=O)Cc1ccccc1)c1ccccc1. The van der Waals surface area contributed by atoms with E-state index in [0.717, 1.165) is 22.3 Å². The van der Waals surface area contributed by atoms with E-state index < -0.39 is 11.8 Å². The monoisotopic (exact) mass is 418 g/mol. The van der Waals surface area contributed by atoms with Crippen molar-refractivity contribution in [3.05, 3.63) is 144 Å². The first-order valence-electron chi connectivity index (χ1n) is 11.0. The summed E-state index contributed by atoms with van der Waals surface area (Å²) in [5, 5.41) is 0. The van der Waals surface area contributed by atoms with E-state index in [1.54, 1.807) is 0 Å². The summed E-state index contributed by atoms with van der Waals surface area (Å²) in [7, 11) is 0. The van der Waals surface area contributed by atoms with Gasteiger partial charge >= 0.3 is 0 Å². The minimum absolute atomic E-state index is 0.0534. The summed E-state index contributed by atoms with van der Waals surface area (Å²) in [4.78, 5) is 27.5. The molecule has 2 atom stereocenters. The van der Waals surface area contributed by atoms with Gasteiger partial charge in [-0.2, -0.15) is 0 Å². The van der Waals surface area contributed by atoms with Gasteiger partial charge in [-0.1, -0.05) is 121 Å². The normalized spacial score (nSPS) is 12.6. The van der Waals surface area contributed by atoms with Gasteiger partial charge in [0.1, 0.15) is 11.6 Å². The van der Waals surface area contributed by atoms with Crippen molar-refractivity contribution in [3.63, 3.8) is 0 Å². The van der Waals surface area contributed by atoms with Crippen molar-refractivity contribution in [1.29, 1.82) is 0 Å². The predicted octanol–water partition coefficient (Wildman–Crippen LogP) is 6.18. The van der Waals surface area contributed by atoms with E-state index in [1.807, 2.05) is 121 Å². The third-order valence-corrected chi connectivity index (χ3v) is 5.79. The van der Waals surface area contributed by atoms with Crippen LogP contribution in [0.1, 0.15) is 34.1 Å². The lowest BCUT2D eigenvalue weighted by molar-refractivity contribution is -0.126. The summed E-state index contributed by atoms with van der Waals surface area (Å²) in [6, 6.07) is 38.9. The van der Waals surface area contributed by atoms with E-state index in [0.29, 0.717) is 12.8 Å². The number of benzene rings is 4.